The lowest BCUT2D eigenvalue weighted by molar-refractivity contribution is -0.112. The molecule has 0 aliphatic carbocycles. The predicted molar refractivity (Wildman–Crippen MR) is 129 cm³/mol. The Balaban J connectivity index is 1.98. The number of nitrogens with zero attached hydrogens (tertiary/aromatic N) is 2. The van der Waals surface area contributed by atoms with Crippen molar-refractivity contribution in [3.8, 4) is 6.07 Å². The van der Waals surface area contributed by atoms with Gasteiger partial charge in [0.2, 0.25) is 0 Å². The van der Waals surface area contributed by atoms with Gasteiger partial charge in [-0.05, 0) is 81.3 Å². The van der Waals surface area contributed by atoms with Gasteiger partial charge in [-0.1, -0.05) is 33.6 Å². The minimum Gasteiger partial charge on any atom is -0.363 e. The van der Waals surface area contributed by atoms with Crippen LogP contribution in [0, 0.1) is 11.3 Å². The van der Waals surface area contributed by atoms with E-state index in [1.54, 1.807) is 18.2 Å². The molecule has 3 rings (SSSR count). The average molecular weight is 485 g/mol. The molecule has 0 saturated carbocycles. The zero-order valence-corrected chi connectivity index (χ0v) is 19.7. The fourth-order valence-corrected chi connectivity index (χ4v) is 4.32. The quantitative estimate of drug-likeness (QED) is 0.389. The van der Waals surface area contributed by atoms with Gasteiger partial charge in [0.25, 0.3) is 5.91 Å². The molecule has 6 heteroatoms. The first-order valence-electron chi connectivity index (χ1n) is 9.66. The van der Waals surface area contributed by atoms with Crippen molar-refractivity contribution in [2.24, 2.45) is 0 Å². The van der Waals surface area contributed by atoms with Gasteiger partial charge in [0, 0.05) is 33.0 Å². The molecular formula is C24H23BrClN3O. The van der Waals surface area contributed by atoms with Crippen LogP contribution in [0.2, 0.25) is 5.02 Å². The van der Waals surface area contributed by atoms with Crippen molar-refractivity contribution in [1.82, 2.24) is 0 Å². The van der Waals surface area contributed by atoms with Crippen molar-refractivity contribution in [2.75, 3.05) is 16.8 Å². The summed E-state index contributed by atoms with van der Waals surface area (Å²) in [6.07, 6.45) is 3.77. The summed E-state index contributed by atoms with van der Waals surface area (Å²) in [5, 5.41) is 12.8. The zero-order valence-electron chi connectivity index (χ0n) is 17.4. The molecule has 0 radical (unpaired) electrons. The highest BCUT2D eigenvalue weighted by atomic mass is 79.9. The number of benzene rings is 2. The first kappa shape index (κ1) is 22.1. The third-order valence-corrected chi connectivity index (χ3v) is 6.04. The highest BCUT2D eigenvalue weighted by Crippen LogP contribution is 2.41. The molecule has 0 unspecified atom stereocenters. The van der Waals surface area contributed by atoms with Crippen LogP contribution in [-0.2, 0) is 4.79 Å². The molecule has 2 aromatic rings. The van der Waals surface area contributed by atoms with E-state index in [2.05, 4.69) is 59.9 Å². The molecule has 0 spiro atoms. The molecule has 4 nitrogen and oxygen atoms in total. The van der Waals surface area contributed by atoms with Crippen LogP contribution in [0.25, 0.3) is 11.6 Å². The second-order valence-electron chi connectivity index (χ2n) is 7.75. The highest BCUT2D eigenvalue weighted by Gasteiger charge is 2.30. The van der Waals surface area contributed by atoms with Crippen LogP contribution < -0.4 is 10.2 Å². The van der Waals surface area contributed by atoms with Crippen molar-refractivity contribution in [1.29, 1.82) is 5.26 Å². The van der Waals surface area contributed by atoms with Gasteiger partial charge in [0.05, 0.1) is 5.54 Å². The maximum atomic E-state index is 12.6. The Bertz CT molecular complexity index is 1090. The standard InChI is InChI=1S/C24H23BrClN3O/c1-5-29-22-12-21(26)16(11-20(22)15(2)13-24(29,3)4)10-17(14-27)23(30)28-19-8-6-18(25)7-9-19/h6-13H,5H2,1-4H3,(H,28,30)/b17-10+. The number of amides is 1. The molecule has 1 N–H and O–H groups in total. The lowest BCUT2D eigenvalue weighted by atomic mass is 9.88. The number of fused-ring (bicyclic) bond motifs is 1. The Morgan fingerprint density at radius 3 is 2.57 bits per heavy atom. The first-order valence-corrected chi connectivity index (χ1v) is 10.8. The number of allylic oxidation sites excluding steroid dienone is 1. The van der Waals surface area contributed by atoms with Crippen molar-refractivity contribution in [2.45, 2.75) is 33.2 Å². The molecule has 30 heavy (non-hydrogen) atoms. The van der Waals surface area contributed by atoms with Crippen LogP contribution in [0.1, 0.15) is 38.8 Å². The fraction of sp³-hybridized carbons (Fsp3) is 0.250. The van der Waals surface area contributed by atoms with E-state index >= 15 is 0 Å². The van der Waals surface area contributed by atoms with Crippen molar-refractivity contribution >= 4 is 56.5 Å². The molecule has 1 heterocycles. The number of carbonyl (C=O) groups is 1. The minimum absolute atomic E-state index is 0.00936. The van der Waals surface area contributed by atoms with Gasteiger partial charge in [-0.3, -0.25) is 4.79 Å². The third kappa shape index (κ3) is 4.45. The second-order valence-corrected chi connectivity index (χ2v) is 9.07. The molecule has 1 amide bonds. The van der Waals surface area contributed by atoms with Gasteiger partial charge in [-0.15, -0.1) is 0 Å². The second kappa shape index (κ2) is 8.67. The smallest absolute Gasteiger partial charge is 0.266 e. The number of anilines is 2. The van der Waals surface area contributed by atoms with Crippen LogP contribution in [0.15, 0.2) is 52.5 Å². The minimum atomic E-state index is -0.475. The molecule has 0 bridgehead atoms. The summed E-state index contributed by atoms with van der Waals surface area (Å²) in [4.78, 5) is 14.9. The number of nitrogens with one attached hydrogen (secondary N) is 1. The van der Waals surface area contributed by atoms with E-state index in [9.17, 15) is 10.1 Å². The zero-order chi connectivity index (χ0) is 22.1. The van der Waals surface area contributed by atoms with Crippen LogP contribution in [0.3, 0.4) is 0 Å². The predicted octanol–water partition coefficient (Wildman–Crippen LogP) is 6.67. The molecular weight excluding hydrogens is 462 g/mol. The monoisotopic (exact) mass is 483 g/mol. The van der Waals surface area contributed by atoms with E-state index in [0.717, 1.165) is 27.8 Å². The summed E-state index contributed by atoms with van der Waals surface area (Å²) in [6.45, 7) is 9.37. The Morgan fingerprint density at radius 2 is 1.97 bits per heavy atom. The number of hydrogen-bond acceptors (Lipinski definition) is 3. The topological polar surface area (TPSA) is 56.1 Å². The summed E-state index contributed by atoms with van der Waals surface area (Å²) < 4.78 is 0.908. The van der Waals surface area contributed by atoms with Gasteiger partial charge >= 0.3 is 0 Å². The lowest BCUT2D eigenvalue weighted by Gasteiger charge is -2.43. The third-order valence-electron chi connectivity index (χ3n) is 5.18. The Morgan fingerprint density at radius 1 is 1.30 bits per heavy atom. The molecule has 0 aromatic heterocycles. The van der Waals surface area contributed by atoms with Gasteiger partial charge in [0.1, 0.15) is 11.6 Å². The largest absolute Gasteiger partial charge is 0.363 e. The maximum absolute atomic E-state index is 12.6. The number of likely N-dealkylation sites (N-methyl/N-ethyl adjacent to an activating group) is 1. The summed E-state index contributed by atoms with van der Waals surface area (Å²) in [5.74, 6) is -0.475. The first-order chi connectivity index (χ1) is 14.2. The summed E-state index contributed by atoms with van der Waals surface area (Å²) in [6, 6.07) is 13.0. The van der Waals surface area contributed by atoms with E-state index < -0.39 is 5.91 Å². The van der Waals surface area contributed by atoms with Gasteiger partial charge < -0.3 is 10.2 Å². The van der Waals surface area contributed by atoms with E-state index in [4.69, 9.17) is 11.6 Å². The molecule has 0 atom stereocenters. The number of nitriles is 1. The molecule has 0 fully saturated rings. The van der Waals surface area contributed by atoms with Crippen molar-refractivity contribution in [3.63, 3.8) is 0 Å². The van der Waals surface area contributed by atoms with Crippen LogP contribution >= 0.6 is 27.5 Å². The molecule has 1 aliphatic heterocycles. The van der Waals surface area contributed by atoms with Crippen LogP contribution in [-0.4, -0.2) is 18.0 Å². The fourth-order valence-electron chi connectivity index (χ4n) is 3.84. The lowest BCUT2D eigenvalue weighted by Crippen LogP contribution is -2.44. The normalized spacial score (nSPS) is 15.2. The van der Waals surface area contributed by atoms with Crippen molar-refractivity contribution in [3.05, 3.63) is 68.7 Å². The van der Waals surface area contributed by atoms with Crippen LogP contribution in [0.4, 0.5) is 11.4 Å². The summed E-state index contributed by atoms with van der Waals surface area (Å²) in [7, 11) is 0. The maximum Gasteiger partial charge on any atom is 0.266 e. The van der Waals surface area contributed by atoms with Gasteiger partial charge in [-0.25, -0.2) is 0 Å². The summed E-state index contributed by atoms with van der Waals surface area (Å²) in [5.41, 5.74) is 4.38. The molecule has 154 valence electrons. The molecule has 2 aromatic carbocycles. The number of halogens is 2. The van der Waals surface area contributed by atoms with E-state index in [0.29, 0.717) is 16.3 Å². The molecule has 0 saturated heterocycles. The van der Waals surface area contributed by atoms with Crippen LogP contribution in [0.5, 0.6) is 0 Å². The number of carbonyl (C=O) groups excluding carboxylic acids is 1. The van der Waals surface area contributed by atoms with Crippen molar-refractivity contribution < 1.29 is 4.79 Å². The van der Waals surface area contributed by atoms with E-state index in [1.165, 1.54) is 0 Å². The Kier molecular flexibility index (Phi) is 6.40. The van der Waals surface area contributed by atoms with E-state index in [1.807, 2.05) is 30.3 Å². The number of rotatable bonds is 4. The highest BCUT2D eigenvalue weighted by molar-refractivity contribution is 9.10. The summed E-state index contributed by atoms with van der Waals surface area (Å²) >= 11 is 9.93. The Hall–Kier alpha value is -2.55. The Labute approximate surface area is 191 Å². The average Bonchev–Trinajstić information content (AvgIpc) is 2.68. The SMILES string of the molecule is CCN1c2cc(Cl)c(/C=C(\C#N)C(=O)Nc3ccc(Br)cc3)cc2C(C)=CC1(C)C. The molecule has 1 aliphatic rings. The van der Waals surface area contributed by atoms with Gasteiger partial charge in [-0.2, -0.15) is 5.26 Å². The number of hydrogen-bond donors (Lipinski definition) is 1. The van der Waals surface area contributed by atoms with Gasteiger partial charge in [0.15, 0.2) is 0 Å². The van der Waals surface area contributed by atoms with E-state index in [-0.39, 0.29) is 11.1 Å².